The summed E-state index contributed by atoms with van der Waals surface area (Å²) in [6.07, 6.45) is 4.65. The van der Waals surface area contributed by atoms with Crippen molar-refractivity contribution < 1.29 is 9.72 Å². The van der Waals surface area contributed by atoms with E-state index in [1.54, 1.807) is 36.5 Å². The van der Waals surface area contributed by atoms with Crippen molar-refractivity contribution in [1.82, 2.24) is 9.97 Å². The van der Waals surface area contributed by atoms with Gasteiger partial charge in [0.2, 0.25) is 5.82 Å². The van der Waals surface area contributed by atoms with Crippen LogP contribution in [0.1, 0.15) is 15.9 Å². The Morgan fingerprint density at radius 2 is 1.81 bits per heavy atom. The van der Waals surface area contributed by atoms with Crippen LogP contribution in [0.25, 0.3) is 0 Å². The van der Waals surface area contributed by atoms with Gasteiger partial charge in [0.1, 0.15) is 0 Å². The topological polar surface area (TPSA) is 101 Å². The molecule has 1 N–H and O–H groups in total. The number of pyridine rings is 2. The summed E-state index contributed by atoms with van der Waals surface area (Å²) in [5, 5.41) is 14.0. The van der Waals surface area contributed by atoms with Crippen LogP contribution >= 0.6 is 0 Å². The number of carbonyl (C=O) groups is 1. The fourth-order valence-corrected chi connectivity index (χ4v) is 2.51. The molecule has 3 aromatic rings. The van der Waals surface area contributed by atoms with Gasteiger partial charge in [0.05, 0.1) is 4.92 Å². The van der Waals surface area contributed by atoms with E-state index in [4.69, 9.17) is 0 Å². The van der Waals surface area contributed by atoms with Gasteiger partial charge >= 0.3 is 5.69 Å². The molecule has 136 valence electrons. The molecule has 0 aliphatic carbocycles. The van der Waals surface area contributed by atoms with Crippen molar-refractivity contribution in [2.75, 3.05) is 17.3 Å². The van der Waals surface area contributed by atoms with E-state index in [0.717, 1.165) is 11.3 Å². The van der Waals surface area contributed by atoms with Crippen molar-refractivity contribution in [2.24, 2.45) is 0 Å². The zero-order valence-electron chi connectivity index (χ0n) is 14.6. The van der Waals surface area contributed by atoms with Crippen LogP contribution < -0.4 is 10.2 Å². The first-order chi connectivity index (χ1) is 13.1. The Hall–Kier alpha value is -3.81. The number of anilines is 2. The molecule has 0 bridgehead atoms. The lowest BCUT2D eigenvalue weighted by Gasteiger charge is -2.17. The molecule has 0 saturated carbocycles. The molecule has 0 unspecified atom stereocenters. The summed E-state index contributed by atoms with van der Waals surface area (Å²) in [6, 6.07) is 13.6. The minimum absolute atomic E-state index is 0.0724. The van der Waals surface area contributed by atoms with Gasteiger partial charge in [0.15, 0.2) is 0 Å². The summed E-state index contributed by atoms with van der Waals surface area (Å²) in [5.74, 6) is 0.0870. The normalized spacial score (nSPS) is 10.3. The maximum Gasteiger partial charge on any atom is 0.311 e. The van der Waals surface area contributed by atoms with Gasteiger partial charge in [-0.25, -0.2) is 4.98 Å². The predicted octanol–water partition coefficient (Wildman–Crippen LogP) is 3.27. The Morgan fingerprint density at radius 1 is 1.11 bits per heavy atom. The van der Waals surface area contributed by atoms with Gasteiger partial charge < -0.3 is 10.2 Å². The second kappa shape index (κ2) is 8.05. The largest absolute Gasteiger partial charge is 0.360 e. The Morgan fingerprint density at radius 3 is 2.48 bits per heavy atom. The molecule has 2 aromatic heterocycles. The number of nitro groups is 1. The van der Waals surface area contributed by atoms with Crippen LogP contribution in [0.5, 0.6) is 0 Å². The smallest absolute Gasteiger partial charge is 0.311 e. The third kappa shape index (κ3) is 4.24. The lowest BCUT2D eigenvalue weighted by molar-refractivity contribution is -0.384. The predicted molar refractivity (Wildman–Crippen MR) is 102 cm³/mol. The molecular formula is C19H17N5O3. The van der Waals surface area contributed by atoms with Crippen molar-refractivity contribution in [3.63, 3.8) is 0 Å². The first-order valence-corrected chi connectivity index (χ1v) is 8.16. The monoisotopic (exact) mass is 363 g/mol. The molecule has 8 nitrogen and oxygen atoms in total. The maximum atomic E-state index is 12.5. The van der Waals surface area contributed by atoms with Crippen LogP contribution in [0.3, 0.4) is 0 Å². The highest BCUT2D eigenvalue weighted by Crippen LogP contribution is 2.22. The van der Waals surface area contributed by atoms with Crippen LogP contribution in [0.2, 0.25) is 0 Å². The molecular weight excluding hydrogens is 346 g/mol. The van der Waals surface area contributed by atoms with Gasteiger partial charge in [0, 0.05) is 49.5 Å². The zero-order valence-corrected chi connectivity index (χ0v) is 14.6. The van der Waals surface area contributed by atoms with Crippen molar-refractivity contribution in [2.45, 2.75) is 6.54 Å². The standard InChI is InChI=1S/C19H17N5O3/c1-23(19(25)15-8-11-20-12-9-15)16-6-4-14(5-7-16)13-22-18-17(24(26)27)3-2-10-21-18/h2-12H,13H2,1H3,(H,21,22). The highest BCUT2D eigenvalue weighted by Gasteiger charge is 2.15. The van der Waals surface area contributed by atoms with E-state index < -0.39 is 4.92 Å². The molecule has 0 saturated heterocycles. The summed E-state index contributed by atoms with van der Waals surface area (Å²) in [4.78, 5) is 32.5. The van der Waals surface area contributed by atoms with E-state index >= 15 is 0 Å². The Balaban J connectivity index is 1.67. The molecule has 3 rings (SSSR count). The molecule has 2 heterocycles. The molecule has 0 atom stereocenters. The highest BCUT2D eigenvalue weighted by molar-refractivity contribution is 6.05. The van der Waals surface area contributed by atoms with E-state index in [0.29, 0.717) is 12.1 Å². The highest BCUT2D eigenvalue weighted by atomic mass is 16.6. The van der Waals surface area contributed by atoms with Crippen LogP contribution in [0, 0.1) is 10.1 Å². The van der Waals surface area contributed by atoms with Gasteiger partial charge in [0.25, 0.3) is 5.91 Å². The van der Waals surface area contributed by atoms with Crippen LogP contribution in [-0.4, -0.2) is 27.8 Å². The number of aromatic nitrogens is 2. The van der Waals surface area contributed by atoms with Crippen molar-refractivity contribution in [1.29, 1.82) is 0 Å². The zero-order chi connectivity index (χ0) is 19.2. The summed E-state index contributed by atoms with van der Waals surface area (Å²) in [6.45, 7) is 0.375. The summed E-state index contributed by atoms with van der Waals surface area (Å²) in [5.41, 5.74) is 2.13. The quantitative estimate of drug-likeness (QED) is 0.533. The number of nitrogens with zero attached hydrogens (tertiary/aromatic N) is 4. The number of hydrogen-bond acceptors (Lipinski definition) is 6. The fourth-order valence-electron chi connectivity index (χ4n) is 2.51. The first kappa shape index (κ1) is 18.0. The van der Waals surface area contributed by atoms with Crippen molar-refractivity contribution in [3.05, 3.63) is 88.4 Å². The van der Waals surface area contributed by atoms with Crippen LogP contribution in [-0.2, 0) is 6.54 Å². The SMILES string of the molecule is CN(C(=O)c1ccncc1)c1ccc(CNc2ncccc2[N+](=O)[O-])cc1. The minimum atomic E-state index is -0.474. The number of rotatable bonds is 6. The number of hydrogen-bond donors (Lipinski definition) is 1. The van der Waals surface area contributed by atoms with Gasteiger partial charge in [-0.15, -0.1) is 0 Å². The van der Waals surface area contributed by atoms with Gasteiger partial charge in [-0.05, 0) is 35.9 Å². The molecule has 8 heteroatoms. The van der Waals surface area contributed by atoms with Gasteiger partial charge in [-0.1, -0.05) is 12.1 Å². The lowest BCUT2D eigenvalue weighted by atomic mass is 10.1. The third-order valence-corrected chi connectivity index (χ3v) is 4.00. The second-order valence-electron chi connectivity index (χ2n) is 5.75. The molecule has 0 aliphatic rings. The molecule has 0 aliphatic heterocycles. The first-order valence-electron chi connectivity index (χ1n) is 8.16. The Labute approximate surface area is 155 Å². The van der Waals surface area contributed by atoms with E-state index in [1.165, 1.54) is 18.3 Å². The number of carbonyl (C=O) groups excluding carboxylic acids is 1. The number of benzene rings is 1. The van der Waals surface area contributed by atoms with Crippen LogP contribution in [0.15, 0.2) is 67.1 Å². The maximum absolute atomic E-state index is 12.5. The molecule has 0 fully saturated rings. The van der Waals surface area contributed by atoms with E-state index in [2.05, 4.69) is 15.3 Å². The van der Waals surface area contributed by atoms with Crippen LogP contribution in [0.4, 0.5) is 17.2 Å². The van der Waals surface area contributed by atoms with Crippen molar-refractivity contribution in [3.8, 4) is 0 Å². The van der Waals surface area contributed by atoms with Gasteiger partial charge in [-0.3, -0.25) is 19.9 Å². The summed E-state index contributed by atoms with van der Waals surface area (Å²) in [7, 11) is 1.70. The van der Waals surface area contributed by atoms with Gasteiger partial charge in [-0.2, -0.15) is 0 Å². The second-order valence-corrected chi connectivity index (χ2v) is 5.75. The Bertz CT molecular complexity index is 945. The molecule has 0 spiro atoms. The number of amides is 1. The molecule has 1 aromatic carbocycles. The fraction of sp³-hybridized carbons (Fsp3) is 0.105. The minimum Gasteiger partial charge on any atom is -0.360 e. The molecule has 1 amide bonds. The summed E-state index contributed by atoms with van der Waals surface area (Å²) >= 11 is 0. The third-order valence-electron chi connectivity index (χ3n) is 4.00. The van der Waals surface area contributed by atoms with Crippen molar-refractivity contribution >= 4 is 23.1 Å². The lowest BCUT2D eigenvalue weighted by Crippen LogP contribution is -2.26. The average molecular weight is 363 g/mol. The van der Waals surface area contributed by atoms with E-state index in [-0.39, 0.29) is 17.4 Å². The molecule has 0 radical (unpaired) electrons. The molecule has 27 heavy (non-hydrogen) atoms. The van der Waals surface area contributed by atoms with E-state index in [1.807, 2.05) is 24.3 Å². The Kier molecular flexibility index (Phi) is 5.36. The summed E-state index contributed by atoms with van der Waals surface area (Å²) < 4.78 is 0. The average Bonchev–Trinajstić information content (AvgIpc) is 2.72. The number of nitrogens with one attached hydrogen (secondary N) is 1. The van der Waals surface area contributed by atoms with E-state index in [9.17, 15) is 14.9 Å².